The van der Waals surface area contributed by atoms with E-state index in [1.165, 1.54) is 51.4 Å². The van der Waals surface area contributed by atoms with Crippen molar-refractivity contribution in [1.29, 1.82) is 0 Å². The van der Waals surface area contributed by atoms with Gasteiger partial charge in [-0.15, -0.1) is 0 Å². The van der Waals surface area contributed by atoms with Gasteiger partial charge in [0.25, 0.3) is 0 Å². The van der Waals surface area contributed by atoms with Gasteiger partial charge in [-0.25, -0.2) is 0 Å². The number of ketones is 1. The van der Waals surface area contributed by atoms with Gasteiger partial charge in [0.05, 0.1) is 0 Å². The highest BCUT2D eigenvalue weighted by molar-refractivity contribution is 5.79. The van der Waals surface area contributed by atoms with Gasteiger partial charge in [0.15, 0.2) is 0 Å². The smallest absolute Gasteiger partial charge is 0.135 e. The molecule has 0 aromatic carbocycles. The maximum absolute atomic E-state index is 11.4. The van der Waals surface area contributed by atoms with E-state index < -0.39 is 0 Å². The van der Waals surface area contributed by atoms with E-state index >= 15 is 0 Å². The van der Waals surface area contributed by atoms with Crippen LogP contribution in [0.15, 0.2) is 0 Å². The quantitative estimate of drug-likeness (QED) is 0.693. The second-order valence-electron chi connectivity index (χ2n) is 6.18. The van der Waals surface area contributed by atoms with Crippen LogP contribution in [0.4, 0.5) is 0 Å². The minimum atomic E-state index is 0.476. The first-order chi connectivity index (χ1) is 8.81. The predicted molar refractivity (Wildman–Crippen MR) is 75.7 cm³/mol. The molecule has 0 amide bonds. The Balaban J connectivity index is 1.84. The molecule has 2 rings (SSSR count). The number of likely N-dealkylation sites (tertiary alicyclic amines) is 1. The van der Waals surface area contributed by atoms with Crippen molar-refractivity contribution in [2.45, 2.75) is 77.2 Å². The van der Waals surface area contributed by atoms with E-state index in [9.17, 15) is 4.79 Å². The molecule has 1 aliphatic carbocycles. The van der Waals surface area contributed by atoms with E-state index in [2.05, 4.69) is 11.8 Å². The van der Waals surface area contributed by atoms with E-state index in [-0.39, 0.29) is 0 Å². The van der Waals surface area contributed by atoms with Gasteiger partial charge in [-0.1, -0.05) is 39.0 Å². The van der Waals surface area contributed by atoms with Crippen molar-refractivity contribution >= 4 is 5.78 Å². The number of piperidine rings is 1. The maximum Gasteiger partial charge on any atom is 0.135 e. The van der Waals surface area contributed by atoms with Gasteiger partial charge in [-0.05, 0) is 25.2 Å². The van der Waals surface area contributed by atoms with E-state index in [4.69, 9.17) is 0 Å². The topological polar surface area (TPSA) is 20.3 Å². The summed E-state index contributed by atoms with van der Waals surface area (Å²) in [6, 6.07) is 0.795. The molecule has 0 aromatic heterocycles. The highest BCUT2D eigenvalue weighted by atomic mass is 16.1. The fourth-order valence-corrected chi connectivity index (χ4v) is 3.77. The average molecular weight is 251 g/mol. The van der Waals surface area contributed by atoms with Crippen LogP contribution in [-0.2, 0) is 4.79 Å². The van der Waals surface area contributed by atoms with Crippen molar-refractivity contribution in [2.24, 2.45) is 5.92 Å². The number of hydrogen-bond acceptors (Lipinski definition) is 2. The first-order valence-corrected chi connectivity index (χ1v) is 8.07. The van der Waals surface area contributed by atoms with Gasteiger partial charge in [0.2, 0.25) is 0 Å². The van der Waals surface area contributed by atoms with Gasteiger partial charge in [0.1, 0.15) is 5.78 Å². The van der Waals surface area contributed by atoms with Crippen LogP contribution in [-0.4, -0.2) is 29.8 Å². The molecule has 1 saturated carbocycles. The molecule has 0 radical (unpaired) electrons. The molecule has 2 aliphatic rings. The Bertz CT molecular complexity index is 254. The first kappa shape index (κ1) is 14.0. The van der Waals surface area contributed by atoms with Crippen LogP contribution in [0.2, 0.25) is 0 Å². The Hall–Kier alpha value is -0.370. The van der Waals surface area contributed by atoms with Crippen LogP contribution < -0.4 is 0 Å². The zero-order valence-electron chi connectivity index (χ0n) is 12.0. The highest BCUT2D eigenvalue weighted by Gasteiger charge is 2.31. The zero-order chi connectivity index (χ0) is 12.8. The van der Waals surface area contributed by atoms with Crippen molar-refractivity contribution in [3.05, 3.63) is 0 Å². The average Bonchev–Trinajstić information content (AvgIpc) is 2.41. The lowest BCUT2D eigenvalue weighted by molar-refractivity contribution is -0.122. The number of Topliss-reactive ketones (excluding diaryl/α,β-unsaturated/α-hetero) is 1. The van der Waals surface area contributed by atoms with Crippen molar-refractivity contribution in [2.75, 3.05) is 13.1 Å². The van der Waals surface area contributed by atoms with Crippen LogP contribution in [0, 0.1) is 5.92 Å². The summed E-state index contributed by atoms with van der Waals surface area (Å²) in [5.74, 6) is 1.39. The van der Waals surface area contributed by atoms with E-state index in [0.717, 1.165) is 37.9 Å². The molecule has 2 nitrogen and oxygen atoms in total. The Morgan fingerprint density at radius 1 is 1.11 bits per heavy atom. The third kappa shape index (κ3) is 3.81. The summed E-state index contributed by atoms with van der Waals surface area (Å²) in [6.45, 7) is 4.36. The fourth-order valence-electron chi connectivity index (χ4n) is 3.77. The monoisotopic (exact) mass is 251 g/mol. The second-order valence-corrected chi connectivity index (χ2v) is 6.18. The highest BCUT2D eigenvalue weighted by Crippen LogP contribution is 2.33. The predicted octanol–water partition coefficient (Wildman–Crippen LogP) is 3.79. The molecule has 104 valence electrons. The summed E-state index contributed by atoms with van der Waals surface area (Å²) in [4.78, 5) is 14.0. The molecule has 18 heavy (non-hydrogen) atoms. The lowest BCUT2D eigenvalue weighted by atomic mass is 9.80. The van der Waals surface area contributed by atoms with Crippen LogP contribution in [0.3, 0.4) is 0 Å². The SMILES string of the molecule is CCCCCC1CCCCC1N1CCC(=O)CC1. The summed E-state index contributed by atoms with van der Waals surface area (Å²) in [5.41, 5.74) is 0. The zero-order valence-corrected chi connectivity index (χ0v) is 12.0. The third-order valence-corrected chi connectivity index (χ3v) is 4.87. The molecule has 0 N–H and O–H groups in total. The Labute approximate surface area is 112 Å². The molecule has 2 unspecified atom stereocenters. The Kier molecular flexibility index (Phi) is 5.68. The molecule has 2 fully saturated rings. The number of carbonyl (C=O) groups excluding carboxylic acids is 1. The van der Waals surface area contributed by atoms with Crippen LogP contribution >= 0.6 is 0 Å². The molecule has 0 aromatic rings. The minimum Gasteiger partial charge on any atom is -0.300 e. The number of rotatable bonds is 5. The van der Waals surface area contributed by atoms with Crippen LogP contribution in [0.25, 0.3) is 0 Å². The van der Waals surface area contributed by atoms with Crippen molar-refractivity contribution < 1.29 is 4.79 Å². The first-order valence-electron chi connectivity index (χ1n) is 8.07. The van der Waals surface area contributed by atoms with Gasteiger partial charge >= 0.3 is 0 Å². The minimum absolute atomic E-state index is 0.476. The number of hydrogen-bond donors (Lipinski definition) is 0. The maximum atomic E-state index is 11.4. The van der Waals surface area contributed by atoms with Crippen LogP contribution in [0.1, 0.15) is 71.1 Å². The lowest BCUT2D eigenvalue weighted by Gasteiger charge is -2.41. The van der Waals surface area contributed by atoms with Gasteiger partial charge in [0, 0.05) is 32.0 Å². The number of unbranched alkanes of at least 4 members (excludes halogenated alkanes) is 2. The van der Waals surface area contributed by atoms with Crippen molar-refractivity contribution in [3.63, 3.8) is 0 Å². The summed E-state index contributed by atoms with van der Waals surface area (Å²) < 4.78 is 0. The molecule has 2 heteroatoms. The molecular formula is C16H29NO. The van der Waals surface area contributed by atoms with Gasteiger partial charge in [-0.2, -0.15) is 0 Å². The van der Waals surface area contributed by atoms with Crippen molar-refractivity contribution in [3.8, 4) is 0 Å². The molecule has 1 saturated heterocycles. The van der Waals surface area contributed by atoms with E-state index in [0.29, 0.717) is 5.78 Å². The summed E-state index contributed by atoms with van der Waals surface area (Å²) in [6.07, 6.45) is 12.8. The summed E-state index contributed by atoms with van der Waals surface area (Å²) >= 11 is 0. The molecule has 1 aliphatic heterocycles. The van der Waals surface area contributed by atoms with Crippen molar-refractivity contribution in [1.82, 2.24) is 4.90 Å². The van der Waals surface area contributed by atoms with E-state index in [1.54, 1.807) is 0 Å². The lowest BCUT2D eigenvalue weighted by Crippen LogP contribution is -2.46. The fraction of sp³-hybridized carbons (Fsp3) is 0.938. The number of carbonyl (C=O) groups is 1. The Morgan fingerprint density at radius 3 is 2.56 bits per heavy atom. The second kappa shape index (κ2) is 7.28. The van der Waals surface area contributed by atoms with Gasteiger partial charge < -0.3 is 0 Å². The standard InChI is InChI=1S/C16H29NO/c1-2-3-4-7-14-8-5-6-9-16(14)17-12-10-15(18)11-13-17/h14,16H,2-13H2,1H3. The Morgan fingerprint density at radius 2 is 1.83 bits per heavy atom. The summed E-state index contributed by atoms with van der Waals surface area (Å²) in [7, 11) is 0. The molecule has 0 bridgehead atoms. The normalized spacial score (nSPS) is 30.6. The van der Waals surface area contributed by atoms with E-state index in [1.807, 2.05) is 0 Å². The molecular weight excluding hydrogens is 222 g/mol. The summed E-state index contributed by atoms with van der Waals surface area (Å²) in [5, 5.41) is 0. The number of nitrogens with zero attached hydrogens (tertiary/aromatic N) is 1. The molecule has 2 atom stereocenters. The van der Waals surface area contributed by atoms with Crippen LogP contribution in [0.5, 0.6) is 0 Å². The largest absolute Gasteiger partial charge is 0.300 e. The third-order valence-electron chi connectivity index (χ3n) is 4.87. The molecule has 0 spiro atoms. The molecule has 1 heterocycles. The van der Waals surface area contributed by atoms with Gasteiger partial charge in [-0.3, -0.25) is 9.69 Å².